The Balaban J connectivity index is 1.77. The van der Waals surface area contributed by atoms with E-state index in [-0.39, 0.29) is 5.69 Å². The Morgan fingerprint density at radius 2 is 1.80 bits per heavy atom. The maximum absolute atomic E-state index is 11.2. The van der Waals surface area contributed by atoms with Crippen molar-refractivity contribution < 1.29 is 4.92 Å². The highest BCUT2D eigenvalue weighted by atomic mass is 35.5. The van der Waals surface area contributed by atoms with Crippen LogP contribution in [0, 0.1) is 17.0 Å². The van der Waals surface area contributed by atoms with E-state index >= 15 is 0 Å². The Bertz CT molecular complexity index is 1230. The second-order valence-corrected chi connectivity index (χ2v) is 7.14. The fourth-order valence-electron chi connectivity index (χ4n) is 3.05. The molecule has 0 radical (unpaired) electrons. The molecule has 0 atom stereocenters. The van der Waals surface area contributed by atoms with E-state index < -0.39 is 4.92 Å². The first kappa shape index (κ1) is 19.5. The maximum Gasteiger partial charge on any atom is 0.274 e. The van der Waals surface area contributed by atoms with E-state index in [1.54, 1.807) is 30.0 Å². The quantitative estimate of drug-likeness (QED) is 0.222. The molecule has 0 aliphatic rings. The van der Waals surface area contributed by atoms with Crippen LogP contribution in [0.3, 0.4) is 0 Å². The summed E-state index contributed by atoms with van der Waals surface area (Å²) in [5, 5.41) is 16.6. The van der Waals surface area contributed by atoms with Gasteiger partial charge in [0.1, 0.15) is 5.69 Å². The Hall–Kier alpha value is -3.77. The highest BCUT2D eigenvalue weighted by Gasteiger charge is 2.13. The number of rotatable bonds is 5. The zero-order valence-corrected chi connectivity index (χ0v) is 16.8. The van der Waals surface area contributed by atoms with Gasteiger partial charge in [0.15, 0.2) is 0 Å². The van der Waals surface area contributed by atoms with E-state index in [0.717, 1.165) is 22.5 Å². The van der Waals surface area contributed by atoms with Gasteiger partial charge in [0.2, 0.25) is 0 Å². The molecule has 4 rings (SSSR count). The number of hydrogen-bond donors (Lipinski definition) is 0. The topological polar surface area (TPSA) is 73.3 Å². The molecule has 0 bridgehead atoms. The first-order chi connectivity index (χ1) is 14.5. The minimum Gasteiger partial charge on any atom is -0.258 e. The molecular weight excluding hydrogens is 400 g/mol. The summed E-state index contributed by atoms with van der Waals surface area (Å²) < 4.78 is 1.78. The normalized spacial score (nSPS) is 11.1. The van der Waals surface area contributed by atoms with Crippen molar-refractivity contribution in [2.24, 2.45) is 4.99 Å². The fraction of sp³-hybridized carbons (Fsp3) is 0.0435. The molecule has 0 aliphatic heterocycles. The number of hydrogen-bond acceptors (Lipinski definition) is 4. The number of nitrogens with zero attached hydrogens (tertiary/aromatic N) is 4. The standard InChI is InChI=1S/C23H17ClN4O2/c1-16-7-12-20(13-22(16)28(29)30)25-14-18-15-27(21-5-3-2-4-6-21)26-23(18)17-8-10-19(24)11-9-17/h2-15H,1H3. The summed E-state index contributed by atoms with van der Waals surface area (Å²) in [6.07, 6.45) is 3.55. The second kappa shape index (κ2) is 8.31. The average Bonchev–Trinajstić information content (AvgIpc) is 3.18. The molecular formula is C23H17ClN4O2. The van der Waals surface area contributed by atoms with Crippen molar-refractivity contribution in [3.8, 4) is 16.9 Å². The second-order valence-electron chi connectivity index (χ2n) is 6.71. The molecule has 7 heteroatoms. The summed E-state index contributed by atoms with van der Waals surface area (Å²) in [5.41, 5.74) is 4.47. The summed E-state index contributed by atoms with van der Waals surface area (Å²) >= 11 is 6.03. The number of nitro benzene ring substituents is 1. The summed E-state index contributed by atoms with van der Waals surface area (Å²) in [6.45, 7) is 1.70. The predicted octanol–water partition coefficient (Wildman–Crippen LogP) is 6.16. The third kappa shape index (κ3) is 4.14. The summed E-state index contributed by atoms with van der Waals surface area (Å²) in [7, 11) is 0. The van der Waals surface area contributed by atoms with Crippen LogP contribution in [0.25, 0.3) is 16.9 Å². The molecule has 0 N–H and O–H groups in total. The first-order valence-electron chi connectivity index (χ1n) is 9.21. The Labute approximate surface area is 178 Å². The molecule has 0 saturated heterocycles. The number of benzene rings is 3. The third-order valence-corrected chi connectivity index (χ3v) is 4.88. The summed E-state index contributed by atoms with van der Waals surface area (Å²) in [4.78, 5) is 15.3. The maximum atomic E-state index is 11.2. The van der Waals surface area contributed by atoms with E-state index in [1.165, 1.54) is 6.07 Å². The minimum atomic E-state index is -0.402. The highest BCUT2D eigenvalue weighted by Crippen LogP contribution is 2.27. The van der Waals surface area contributed by atoms with Crippen molar-refractivity contribution in [2.45, 2.75) is 6.92 Å². The van der Waals surface area contributed by atoms with Gasteiger partial charge in [0, 0.05) is 40.2 Å². The summed E-state index contributed by atoms with van der Waals surface area (Å²) in [6, 6.07) is 22.1. The molecule has 1 aromatic heterocycles. The van der Waals surface area contributed by atoms with E-state index in [0.29, 0.717) is 16.3 Å². The van der Waals surface area contributed by atoms with Crippen molar-refractivity contribution >= 4 is 29.2 Å². The van der Waals surface area contributed by atoms with Gasteiger partial charge in [-0.1, -0.05) is 48.0 Å². The van der Waals surface area contributed by atoms with Crippen LogP contribution in [-0.2, 0) is 0 Å². The van der Waals surface area contributed by atoms with Crippen molar-refractivity contribution in [3.63, 3.8) is 0 Å². The van der Waals surface area contributed by atoms with Crippen molar-refractivity contribution in [2.75, 3.05) is 0 Å². The number of aliphatic imine (C=N–C) groups is 1. The highest BCUT2D eigenvalue weighted by molar-refractivity contribution is 6.30. The van der Waals surface area contributed by atoms with Gasteiger partial charge in [0.25, 0.3) is 5.69 Å². The molecule has 0 unspecified atom stereocenters. The lowest BCUT2D eigenvalue weighted by atomic mass is 10.1. The van der Waals surface area contributed by atoms with Crippen LogP contribution < -0.4 is 0 Å². The average molecular weight is 417 g/mol. The number of nitro groups is 1. The van der Waals surface area contributed by atoms with Gasteiger partial charge in [-0.05, 0) is 37.3 Å². The number of halogens is 1. The van der Waals surface area contributed by atoms with Gasteiger partial charge in [-0.15, -0.1) is 0 Å². The largest absolute Gasteiger partial charge is 0.274 e. The molecule has 30 heavy (non-hydrogen) atoms. The number of aryl methyl sites for hydroxylation is 1. The SMILES string of the molecule is Cc1ccc(N=Cc2cn(-c3ccccc3)nc2-c2ccc(Cl)cc2)cc1[N+](=O)[O-]. The Kier molecular flexibility index (Phi) is 5.41. The molecule has 0 aliphatic carbocycles. The number of aromatic nitrogens is 2. The molecule has 0 amide bonds. The van der Waals surface area contributed by atoms with Crippen LogP contribution in [0.2, 0.25) is 5.02 Å². The lowest BCUT2D eigenvalue weighted by Gasteiger charge is -2.01. The molecule has 1 heterocycles. The molecule has 0 saturated carbocycles. The van der Waals surface area contributed by atoms with Crippen LogP contribution in [-0.4, -0.2) is 20.9 Å². The van der Waals surface area contributed by atoms with E-state index in [9.17, 15) is 10.1 Å². The zero-order valence-electron chi connectivity index (χ0n) is 16.1. The van der Waals surface area contributed by atoms with E-state index in [2.05, 4.69) is 4.99 Å². The first-order valence-corrected chi connectivity index (χ1v) is 9.59. The molecule has 0 spiro atoms. The molecule has 148 valence electrons. The van der Waals surface area contributed by atoms with Gasteiger partial charge >= 0.3 is 0 Å². The smallest absolute Gasteiger partial charge is 0.258 e. The lowest BCUT2D eigenvalue weighted by Crippen LogP contribution is -1.93. The van der Waals surface area contributed by atoms with Crippen LogP contribution in [0.1, 0.15) is 11.1 Å². The predicted molar refractivity (Wildman–Crippen MR) is 119 cm³/mol. The lowest BCUT2D eigenvalue weighted by molar-refractivity contribution is -0.385. The Morgan fingerprint density at radius 3 is 2.50 bits per heavy atom. The van der Waals surface area contributed by atoms with Crippen molar-refractivity contribution in [3.05, 3.63) is 105 Å². The van der Waals surface area contributed by atoms with Gasteiger partial charge < -0.3 is 0 Å². The zero-order chi connectivity index (χ0) is 21.1. The van der Waals surface area contributed by atoms with Gasteiger partial charge in [-0.3, -0.25) is 15.1 Å². The van der Waals surface area contributed by atoms with Crippen LogP contribution >= 0.6 is 11.6 Å². The van der Waals surface area contributed by atoms with Crippen LogP contribution in [0.5, 0.6) is 0 Å². The van der Waals surface area contributed by atoms with Gasteiger partial charge in [0.05, 0.1) is 16.3 Å². The molecule has 6 nitrogen and oxygen atoms in total. The fourth-order valence-corrected chi connectivity index (χ4v) is 3.17. The van der Waals surface area contributed by atoms with Gasteiger partial charge in [-0.25, -0.2) is 4.68 Å². The molecule has 0 fully saturated rings. The molecule has 3 aromatic carbocycles. The van der Waals surface area contributed by atoms with E-state index in [4.69, 9.17) is 16.7 Å². The number of para-hydroxylation sites is 1. The molecule has 4 aromatic rings. The Morgan fingerprint density at radius 1 is 1.07 bits per heavy atom. The van der Waals surface area contributed by atoms with Crippen LogP contribution in [0.15, 0.2) is 84.0 Å². The van der Waals surface area contributed by atoms with Crippen LogP contribution in [0.4, 0.5) is 11.4 Å². The van der Waals surface area contributed by atoms with Gasteiger partial charge in [-0.2, -0.15) is 5.10 Å². The minimum absolute atomic E-state index is 0.0440. The monoisotopic (exact) mass is 416 g/mol. The van der Waals surface area contributed by atoms with Crippen molar-refractivity contribution in [1.82, 2.24) is 9.78 Å². The summed E-state index contributed by atoms with van der Waals surface area (Å²) in [5.74, 6) is 0. The third-order valence-electron chi connectivity index (χ3n) is 4.62. The van der Waals surface area contributed by atoms with Crippen molar-refractivity contribution in [1.29, 1.82) is 0 Å². The van der Waals surface area contributed by atoms with E-state index in [1.807, 2.05) is 60.8 Å².